The second-order valence-corrected chi connectivity index (χ2v) is 7.42. The minimum Gasteiger partial charge on any atom is -0.347 e. The van der Waals surface area contributed by atoms with E-state index in [9.17, 15) is 4.79 Å². The first-order valence-corrected chi connectivity index (χ1v) is 9.55. The van der Waals surface area contributed by atoms with E-state index in [1.165, 1.54) is 5.52 Å². The number of nitrogens with zero attached hydrogens (tertiary/aromatic N) is 3. The van der Waals surface area contributed by atoms with E-state index in [2.05, 4.69) is 47.2 Å². The van der Waals surface area contributed by atoms with E-state index in [0.717, 1.165) is 23.2 Å². The first-order valence-electron chi connectivity index (χ1n) is 9.55. The average molecular weight is 372 g/mol. The van der Waals surface area contributed by atoms with Crippen LogP contribution < -0.4 is 5.32 Å². The summed E-state index contributed by atoms with van der Waals surface area (Å²) < 4.78 is 3.93. The lowest BCUT2D eigenvalue weighted by atomic mass is 10.1. The van der Waals surface area contributed by atoms with Crippen molar-refractivity contribution in [3.63, 3.8) is 0 Å². The Hall–Kier alpha value is -3.34. The molecule has 0 saturated heterocycles. The van der Waals surface area contributed by atoms with Gasteiger partial charge in [-0.3, -0.25) is 9.48 Å². The minimum absolute atomic E-state index is 0.115. The monoisotopic (exact) mass is 372 g/mol. The summed E-state index contributed by atoms with van der Waals surface area (Å²) >= 11 is 0. The topological polar surface area (TPSA) is 51.9 Å². The molecular weight excluding hydrogens is 348 g/mol. The number of nitrogens with one attached hydrogen (secondary N) is 1. The second kappa shape index (κ2) is 7.72. The van der Waals surface area contributed by atoms with Crippen LogP contribution in [0.2, 0.25) is 0 Å². The summed E-state index contributed by atoms with van der Waals surface area (Å²) in [7, 11) is 0. The number of carbonyl (C=O) groups excluding carboxylic acids is 1. The van der Waals surface area contributed by atoms with Crippen molar-refractivity contribution in [2.45, 2.75) is 26.4 Å². The number of amides is 1. The molecule has 142 valence electrons. The van der Waals surface area contributed by atoms with Crippen molar-refractivity contribution in [3.8, 4) is 0 Å². The number of benzene rings is 2. The Morgan fingerprint density at radius 2 is 1.86 bits per heavy atom. The fraction of sp³-hybridized carbons (Fsp3) is 0.217. The Bertz CT molecular complexity index is 1060. The van der Waals surface area contributed by atoms with Crippen molar-refractivity contribution in [2.24, 2.45) is 5.92 Å². The van der Waals surface area contributed by atoms with Crippen LogP contribution in [0.3, 0.4) is 0 Å². The lowest BCUT2D eigenvalue weighted by Gasteiger charge is -2.18. The van der Waals surface area contributed by atoms with Crippen molar-refractivity contribution in [1.29, 1.82) is 0 Å². The zero-order valence-electron chi connectivity index (χ0n) is 16.1. The van der Waals surface area contributed by atoms with E-state index in [-0.39, 0.29) is 5.91 Å². The maximum absolute atomic E-state index is 13.1. The van der Waals surface area contributed by atoms with Crippen LogP contribution in [0.15, 0.2) is 79.3 Å². The van der Waals surface area contributed by atoms with E-state index < -0.39 is 6.04 Å². The molecule has 1 amide bonds. The minimum atomic E-state index is -0.516. The zero-order valence-corrected chi connectivity index (χ0v) is 16.1. The smallest absolute Gasteiger partial charge is 0.253 e. The molecule has 5 heteroatoms. The third-order valence-corrected chi connectivity index (χ3v) is 4.75. The fourth-order valence-corrected chi connectivity index (χ4v) is 3.53. The molecule has 1 unspecified atom stereocenters. The van der Waals surface area contributed by atoms with Crippen LogP contribution in [-0.4, -0.2) is 20.3 Å². The second-order valence-electron chi connectivity index (χ2n) is 7.42. The fourth-order valence-electron chi connectivity index (χ4n) is 3.53. The van der Waals surface area contributed by atoms with Gasteiger partial charge in [0, 0.05) is 41.7 Å². The molecule has 0 spiro atoms. The average Bonchev–Trinajstić information content (AvgIpc) is 3.33. The first kappa shape index (κ1) is 18.0. The molecule has 0 aliphatic rings. The molecule has 0 aliphatic carbocycles. The summed E-state index contributed by atoms with van der Waals surface area (Å²) in [6, 6.07) is 19.2. The van der Waals surface area contributed by atoms with Crippen molar-refractivity contribution in [1.82, 2.24) is 14.3 Å². The van der Waals surface area contributed by atoms with Crippen LogP contribution in [-0.2, 0) is 11.3 Å². The van der Waals surface area contributed by atoms with E-state index in [0.29, 0.717) is 5.92 Å². The van der Waals surface area contributed by atoms with E-state index >= 15 is 0 Å². The third kappa shape index (κ3) is 3.69. The number of anilines is 1. The van der Waals surface area contributed by atoms with Gasteiger partial charge in [0.2, 0.25) is 0 Å². The first-order chi connectivity index (χ1) is 13.6. The molecule has 0 radical (unpaired) electrons. The highest BCUT2D eigenvalue weighted by Crippen LogP contribution is 2.24. The molecule has 4 aromatic rings. The predicted molar refractivity (Wildman–Crippen MR) is 112 cm³/mol. The largest absolute Gasteiger partial charge is 0.347 e. The predicted octanol–water partition coefficient (Wildman–Crippen LogP) is 4.72. The van der Waals surface area contributed by atoms with Crippen LogP contribution >= 0.6 is 0 Å². The van der Waals surface area contributed by atoms with Gasteiger partial charge in [-0.15, -0.1) is 0 Å². The Morgan fingerprint density at radius 3 is 2.57 bits per heavy atom. The van der Waals surface area contributed by atoms with E-state index in [1.807, 2.05) is 54.7 Å². The Balaban J connectivity index is 1.61. The molecule has 5 nitrogen and oxygen atoms in total. The van der Waals surface area contributed by atoms with Gasteiger partial charge < -0.3 is 9.88 Å². The molecule has 0 aliphatic heterocycles. The lowest BCUT2D eigenvalue weighted by molar-refractivity contribution is -0.118. The molecule has 0 bridgehead atoms. The van der Waals surface area contributed by atoms with Gasteiger partial charge in [0.25, 0.3) is 5.91 Å². The number of fused-ring (bicyclic) bond motifs is 1. The molecular formula is C23H24N4O. The highest BCUT2D eigenvalue weighted by molar-refractivity contribution is 5.97. The van der Waals surface area contributed by atoms with Crippen LogP contribution in [0.25, 0.3) is 10.9 Å². The standard InChI is InChI=1S/C23H24N4O/c1-17(2)16-26-14-11-19-15-20(9-10-21(19)26)25-23(28)22(27-13-6-12-24-27)18-7-4-3-5-8-18/h3-15,17,22H,16H2,1-2H3,(H,25,28). The van der Waals surface area contributed by atoms with Crippen LogP contribution in [0.1, 0.15) is 25.5 Å². The molecule has 2 aromatic heterocycles. The maximum atomic E-state index is 13.1. The van der Waals surface area contributed by atoms with Gasteiger partial charge in [-0.05, 0) is 41.8 Å². The van der Waals surface area contributed by atoms with Gasteiger partial charge in [0.05, 0.1) is 0 Å². The van der Waals surface area contributed by atoms with Gasteiger partial charge in [-0.1, -0.05) is 44.2 Å². The number of hydrogen-bond donors (Lipinski definition) is 1. The summed E-state index contributed by atoms with van der Waals surface area (Å²) in [6.07, 6.45) is 5.60. The third-order valence-electron chi connectivity index (χ3n) is 4.75. The molecule has 0 saturated carbocycles. The van der Waals surface area contributed by atoms with Crippen LogP contribution in [0, 0.1) is 5.92 Å². The highest BCUT2D eigenvalue weighted by atomic mass is 16.2. The Morgan fingerprint density at radius 1 is 1.04 bits per heavy atom. The SMILES string of the molecule is CC(C)Cn1ccc2cc(NC(=O)C(c3ccccc3)n3cccn3)ccc21. The van der Waals surface area contributed by atoms with Gasteiger partial charge in [-0.2, -0.15) is 5.10 Å². The van der Waals surface area contributed by atoms with E-state index in [4.69, 9.17) is 0 Å². The Labute approximate surface area is 164 Å². The van der Waals surface area contributed by atoms with Crippen molar-refractivity contribution >= 4 is 22.5 Å². The van der Waals surface area contributed by atoms with Crippen molar-refractivity contribution in [3.05, 3.63) is 84.8 Å². The number of aromatic nitrogens is 3. The molecule has 0 fully saturated rings. The summed E-state index contributed by atoms with van der Waals surface area (Å²) in [5.41, 5.74) is 2.86. The quantitative estimate of drug-likeness (QED) is 0.532. The summed E-state index contributed by atoms with van der Waals surface area (Å²) in [5.74, 6) is 0.464. The molecule has 2 heterocycles. The molecule has 1 N–H and O–H groups in total. The van der Waals surface area contributed by atoms with Crippen molar-refractivity contribution < 1.29 is 4.79 Å². The van der Waals surface area contributed by atoms with Gasteiger partial charge in [0.15, 0.2) is 6.04 Å². The van der Waals surface area contributed by atoms with E-state index in [1.54, 1.807) is 10.9 Å². The molecule has 4 rings (SSSR count). The summed E-state index contributed by atoms with van der Waals surface area (Å²) in [5, 5.41) is 8.47. The van der Waals surface area contributed by atoms with Gasteiger partial charge in [-0.25, -0.2) is 0 Å². The lowest BCUT2D eigenvalue weighted by Crippen LogP contribution is -2.27. The normalized spacial score (nSPS) is 12.4. The molecule has 2 aromatic carbocycles. The van der Waals surface area contributed by atoms with Gasteiger partial charge in [0.1, 0.15) is 0 Å². The maximum Gasteiger partial charge on any atom is 0.253 e. The zero-order chi connectivity index (χ0) is 19.5. The number of hydrogen-bond acceptors (Lipinski definition) is 2. The van der Waals surface area contributed by atoms with Crippen LogP contribution in [0.5, 0.6) is 0 Å². The summed E-state index contributed by atoms with van der Waals surface area (Å²) in [6.45, 7) is 5.39. The van der Waals surface area contributed by atoms with Gasteiger partial charge >= 0.3 is 0 Å². The number of rotatable bonds is 6. The number of carbonyl (C=O) groups is 1. The molecule has 28 heavy (non-hydrogen) atoms. The highest BCUT2D eigenvalue weighted by Gasteiger charge is 2.23. The summed E-state index contributed by atoms with van der Waals surface area (Å²) in [4.78, 5) is 13.1. The molecule has 1 atom stereocenters. The Kier molecular flexibility index (Phi) is 4.98. The van der Waals surface area contributed by atoms with Crippen molar-refractivity contribution in [2.75, 3.05) is 5.32 Å². The van der Waals surface area contributed by atoms with Crippen LogP contribution in [0.4, 0.5) is 5.69 Å².